The Balaban J connectivity index is 2.04. The zero-order valence-electron chi connectivity index (χ0n) is 10.7. The average Bonchev–Trinajstić information content (AvgIpc) is 2.60. The summed E-state index contributed by atoms with van der Waals surface area (Å²) in [6.07, 6.45) is 0. The molecule has 0 spiro atoms. The fourth-order valence-corrected chi connectivity index (χ4v) is 2.95. The van der Waals surface area contributed by atoms with Gasteiger partial charge in [0.1, 0.15) is 0 Å². The number of halogens is 1. The van der Waals surface area contributed by atoms with Gasteiger partial charge in [-0.3, -0.25) is 14.5 Å². The van der Waals surface area contributed by atoms with Crippen molar-refractivity contribution in [1.82, 2.24) is 4.90 Å². The number of hydrogen-bond donors (Lipinski definition) is 1. The number of thioether (sulfide) groups is 1. The van der Waals surface area contributed by atoms with E-state index in [0.717, 1.165) is 21.9 Å². The van der Waals surface area contributed by atoms with Crippen LogP contribution in [0, 0.1) is 5.92 Å². The molecule has 1 fully saturated rings. The van der Waals surface area contributed by atoms with Crippen molar-refractivity contribution in [3.8, 4) is 0 Å². The lowest BCUT2D eigenvalue weighted by atomic mass is 10.2. The first-order valence-corrected chi connectivity index (χ1v) is 7.68. The Morgan fingerprint density at radius 1 is 1.32 bits per heavy atom. The van der Waals surface area contributed by atoms with Crippen LogP contribution in [0.15, 0.2) is 28.7 Å². The Morgan fingerprint density at radius 2 is 1.95 bits per heavy atom. The van der Waals surface area contributed by atoms with Gasteiger partial charge >= 0.3 is 0 Å². The minimum atomic E-state index is -0.521. The highest BCUT2D eigenvalue weighted by atomic mass is 79.9. The maximum absolute atomic E-state index is 12.1. The number of nitrogens with zero attached hydrogens (tertiary/aromatic N) is 1. The van der Waals surface area contributed by atoms with E-state index in [9.17, 15) is 9.59 Å². The third-order valence-electron chi connectivity index (χ3n) is 2.62. The summed E-state index contributed by atoms with van der Waals surface area (Å²) in [6.45, 7) is 4.45. The lowest BCUT2D eigenvalue weighted by Crippen LogP contribution is -2.36. The Labute approximate surface area is 125 Å². The number of benzene rings is 1. The minimum absolute atomic E-state index is 0.161. The van der Waals surface area contributed by atoms with Gasteiger partial charge in [-0.25, -0.2) is 0 Å². The van der Waals surface area contributed by atoms with E-state index >= 15 is 0 Å². The Kier molecular flexibility index (Phi) is 4.52. The molecule has 1 aromatic carbocycles. The summed E-state index contributed by atoms with van der Waals surface area (Å²) in [4.78, 5) is 25.3. The highest BCUT2D eigenvalue weighted by Gasteiger charge is 2.39. The number of carbonyl (C=O) groups excluding carboxylic acids is 2. The van der Waals surface area contributed by atoms with Crippen LogP contribution < -0.4 is 5.32 Å². The average molecular weight is 343 g/mol. The zero-order valence-corrected chi connectivity index (χ0v) is 13.1. The summed E-state index contributed by atoms with van der Waals surface area (Å²) in [6, 6.07) is 7.52. The Bertz CT molecular complexity index is 490. The fourth-order valence-electron chi connectivity index (χ4n) is 1.76. The van der Waals surface area contributed by atoms with E-state index in [2.05, 4.69) is 21.2 Å². The van der Waals surface area contributed by atoms with Crippen LogP contribution in [0.4, 0.5) is 10.5 Å². The maximum atomic E-state index is 12.1. The van der Waals surface area contributed by atoms with Gasteiger partial charge in [-0.05, 0) is 41.9 Å². The molecule has 19 heavy (non-hydrogen) atoms. The van der Waals surface area contributed by atoms with Crippen molar-refractivity contribution in [2.24, 2.45) is 5.92 Å². The molecule has 2 amide bonds. The van der Waals surface area contributed by atoms with Gasteiger partial charge < -0.3 is 5.32 Å². The van der Waals surface area contributed by atoms with Crippen molar-refractivity contribution in [3.63, 3.8) is 0 Å². The maximum Gasteiger partial charge on any atom is 0.290 e. The first kappa shape index (κ1) is 14.4. The minimum Gasteiger partial charge on any atom is -0.365 e. The molecule has 1 heterocycles. The van der Waals surface area contributed by atoms with Crippen molar-refractivity contribution >= 4 is 44.5 Å². The molecule has 4 nitrogen and oxygen atoms in total. The number of amides is 2. The second-order valence-corrected chi connectivity index (χ2v) is 6.73. The van der Waals surface area contributed by atoms with Gasteiger partial charge in [0.15, 0.2) is 5.37 Å². The van der Waals surface area contributed by atoms with E-state index in [1.165, 1.54) is 4.90 Å². The predicted octanol–water partition coefficient (Wildman–Crippen LogP) is 3.54. The molecule has 1 aromatic rings. The van der Waals surface area contributed by atoms with Crippen LogP contribution in [0.2, 0.25) is 0 Å². The Hall–Kier alpha value is -1.01. The summed E-state index contributed by atoms with van der Waals surface area (Å²) in [7, 11) is 0. The SMILES string of the molecule is CC(C)CN1C(=O)S[C@H](Nc2ccc(Br)cc2)C1=O. The quantitative estimate of drug-likeness (QED) is 0.909. The van der Waals surface area contributed by atoms with Crippen LogP contribution in [0.25, 0.3) is 0 Å². The second kappa shape index (κ2) is 5.96. The molecule has 102 valence electrons. The summed E-state index contributed by atoms with van der Waals surface area (Å²) in [5, 5.41) is 2.39. The lowest BCUT2D eigenvalue weighted by Gasteiger charge is -2.16. The molecule has 0 bridgehead atoms. The van der Waals surface area contributed by atoms with E-state index in [0.29, 0.717) is 6.54 Å². The van der Waals surface area contributed by atoms with Crippen LogP contribution >= 0.6 is 27.7 Å². The van der Waals surface area contributed by atoms with Gasteiger partial charge in [0.05, 0.1) is 0 Å². The zero-order chi connectivity index (χ0) is 14.0. The molecular formula is C13H15BrN2O2S. The molecule has 0 saturated carbocycles. The van der Waals surface area contributed by atoms with Crippen LogP contribution in [0.1, 0.15) is 13.8 Å². The topological polar surface area (TPSA) is 49.4 Å². The summed E-state index contributed by atoms with van der Waals surface area (Å²) < 4.78 is 0.973. The number of anilines is 1. The molecule has 0 aromatic heterocycles. The van der Waals surface area contributed by atoms with Gasteiger partial charge in [-0.15, -0.1) is 0 Å². The van der Waals surface area contributed by atoms with Crippen molar-refractivity contribution in [2.45, 2.75) is 19.2 Å². The number of rotatable bonds is 4. The third kappa shape index (κ3) is 3.51. The summed E-state index contributed by atoms with van der Waals surface area (Å²) in [5.74, 6) is 0.117. The van der Waals surface area contributed by atoms with Crippen molar-refractivity contribution in [1.29, 1.82) is 0 Å². The van der Waals surface area contributed by atoms with Crippen molar-refractivity contribution in [2.75, 3.05) is 11.9 Å². The first-order valence-electron chi connectivity index (χ1n) is 6.01. The normalized spacial score (nSPS) is 19.4. The number of carbonyl (C=O) groups is 2. The first-order chi connectivity index (χ1) is 8.97. The van der Waals surface area contributed by atoms with Crippen LogP contribution in [-0.2, 0) is 4.79 Å². The van der Waals surface area contributed by atoms with Gasteiger partial charge in [0, 0.05) is 16.7 Å². The second-order valence-electron chi connectivity index (χ2n) is 4.76. The van der Waals surface area contributed by atoms with E-state index in [1.54, 1.807) is 0 Å². The highest BCUT2D eigenvalue weighted by molar-refractivity contribution is 9.10. The highest BCUT2D eigenvalue weighted by Crippen LogP contribution is 2.29. The third-order valence-corrected chi connectivity index (χ3v) is 4.12. The molecular weight excluding hydrogens is 328 g/mol. The molecule has 2 rings (SSSR count). The van der Waals surface area contributed by atoms with Crippen LogP contribution in [-0.4, -0.2) is 28.0 Å². The summed E-state index contributed by atoms with van der Waals surface area (Å²) >= 11 is 4.39. The molecule has 0 unspecified atom stereocenters. The van der Waals surface area contributed by atoms with E-state index in [4.69, 9.17) is 0 Å². The predicted molar refractivity (Wildman–Crippen MR) is 81.1 cm³/mol. The van der Waals surface area contributed by atoms with E-state index in [-0.39, 0.29) is 17.1 Å². The molecule has 0 aliphatic carbocycles. The van der Waals surface area contributed by atoms with Gasteiger partial charge in [0.25, 0.3) is 11.1 Å². The molecule has 0 radical (unpaired) electrons. The van der Waals surface area contributed by atoms with Gasteiger partial charge in [-0.2, -0.15) is 0 Å². The van der Waals surface area contributed by atoms with E-state index < -0.39 is 5.37 Å². The molecule has 1 aliphatic heterocycles. The lowest BCUT2D eigenvalue weighted by molar-refractivity contribution is -0.126. The van der Waals surface area contributed by atoms with Crippen LogP contribution in [0.5, 0.6) is 0 Å². The van der Waals surface area contributed by atoms with E-state index in [1.807, 2.05) is 38.1 Å². The number of imide groups is 1. The largest absolute Gasteiger partial charge is 0.365 e. The fraction of sp³-hybridized carbons (Fsp3) is 0.385. The van der Waals surface area contributed by atoms with Gasteiger partial charge in [-0.1, -0.05) is 29.8 Å². The van der Waals surface area contributed by atoms with Crippen molar-refractivity contribution in [3.05, 3.63) is 28.7 Å². The monoisotopic (exact) mass is 342 g/mol. The molecule has 1 atom stereocenters. The Morgan fingerprint density at radius 3 is 2.53 bits per heavy atom. The molecule has 1 saturated heterocycles. The van der Waals surface area contributed by atoms with Crippen LogP contribution in [0.3, 0.4) is 0 Å². The number of hydrogen-bond acceptors (Lipinski definition) is 4. The molecule has 1 N–H and O–H groups in total. The smallest absolute Gasteiger partial charge is 0.290 e. The molecule has 6 heteroatoms. The van der Waals surface area contributed by atoms with Gasteiger partial charge in [0.2, 0.25) is 0 Å². The van der Waals surface area contributed by atoms with Crippen molar-refractivity contribution < 1.29 is 9.59 Å². The molecule has 1 aliphatic rings. The number of nitrogens with one attached hydrogen (secondary N) is 1. The summed E-state index contributed by atoms with van der Waals surface area (Å²) in [5.41, 5.74) is 0.827. The standard InChI is InChI=1S/C13H15BrN2O2S/c1-8(2)7-16-12(17)11(19-13(16)18)15-10-5-3-9(14)4-6-10/h3-6,8,11,15H,7H2,1-2H3/t11-/m0/s1.